The minimum atomic E-state index is -0.204. The lowest BCUT2D eigenvalue weighted by Gasteiger charge is -2.33. The standard InChI is InChI=1S/C25H31N3O5/c1-5-25(3,4)18-6-8-21-20(14-18)28(23(30)16-32-21)15-19-7-9-22(33-19)24(31)27-12-10-26(11-13-27)17(2)29/h6-9,14H,5,10-13,15-16H2,1-4H3. The van der Waals surface area contributed by atoms with Crippen LogP contribution in [0, 0.1) is 0 Å². The lowest BCUT2D eigenvalue weighted by Crippen LogP contribution is -2.50. The highest BCUT2D eigenvalue weighted by Gasteiger charge is 2.30. The van der Waals surface area contributed by atoms with E-state index in [0.29, 0.717) is 37.7 Å². The molecular weight excluding hydrogens is 422 g/mol. The third-order valence-corrected chi connectivity index (χ3v) is 6.77. The minimum absolute atomic E-state index is 0.0170. The number of hydrogen-bond donors (Lipinski definition) is 0. The molecule has 4 rings (SSSR count). The molecule has 176 valence electrons. The average molecular weight is 454 g/mol. The second-order valence-corrected chi connectivity index (χ2v) is 9.25. The summed E-state index contributed by atoms with van der Waals surface area (Å²) in [7, 11) is 0. The summed E-state index contributed by atoms with van der Waals surface area (Å²) in [6.07, 6.45) is 0.963. The second kappa shape index (κ2) is 8.92. The number of piperazine rings is 1. The molecular formula is C25H31N3O5. The molecule has 0 unspecified atom stereocenters. The van der Waals surface area contributed by atoms with E-state index < -0.39 is 0 Å². The zero-order valence-electron chi connectivity index (χ0n) is 19.7. The van der Waals surface area contributed by atoms with Crippen LogP contribution in [0.2, 0.25) is 0 Å². The molecule has 2 aromatic rings. The highest BCUT2D eigenvalue weighted by atomic mass is 16.5. The maximum atomic E-state index is 12.9. The number of anilines is 1. The van der Waals surface area contributed by atoms with E-state index in [1.165, 1.54) is 6.92 Å². The SMILES string of the molecule is CCC(C)(C)c1ccc2c(c1)N(Cc1ccc(C(=O)N3CCN(C(C)=O)CC3)o1)C(=O)CO2. The van der Waals surface area contributed by atoms with Gasteiger partial charge in [0.1, 0.15) is 11.5 Å². The van der Waals surface area contributed by atoms with E-state index in [-0.39, 0.29) is 42.0 Å². The fourth-order valence-corrected chi connectivity index (χ4v) is 4.11. The van der Waals surface area contributed by atoms with Crippen molar-refractivity contribution in [1.82, 2.24) is 9.80 Å². The van der Waals surface area contributed by atoms with Crippen molar-refractivity contribution in [2.24, 2.45) is 0 Å². The number of amides is 3. The van der Waals surface area contributed by atoms with Crippen LogP contribution in [0.3, 0.4) is 0 Å². The molecule has 1 saturated heterocycles. The Morgan fingerprint density at radius 2 is 1.73 bits per heavy atom. The largest absolute Gasteiger partial charge is 0.482 e. The quantitative estimate of drug-likeness (QED) is 0.694. The summed E-state index contributed by atoms with van der Waals surface area (Å²) in [5, 5.41) is 0. The van der Waals surface area contributed by atoms with Gasteiger partial charge in [-0.05, 0) is 41.7 Å². The van der Waals surface area contributed by atoms with Crippen LogP contribution in [0.15, 0.2) is 34.7 Å². The van der Waals surface area contributed by atoms with Crippen molar-refractivity contribution in [1.29, 1.82) is 0 Å². The fraction of sp³-hybridized carbons (Fsp3) is 0.480. The molecule has 8 heteroatoms. The molecule has 33 heavy (non-hydrogen) atoms. The van der Waals surface area contributed by atoms with Gasteiger partial charge in [0.2, 0.25) is 5.91 Å². The van der Waals surface area contributed by atoms with Crippen molar-refractivity contribution in [3.63, 3.8) is 0 Å². The van der Waals surface area contributed by atoms with Crippen LogP contribution in [0.25, 0.3) is 0 Å². The van der Waals surface area contributed by atoms with Gasteiger partial charge in [-0.25, -0.2) is 0 Å². The summed E-state index contributed by atoms with van der Waals surface area (Å²) in [5.41, 5.74) is 1.82. The number of nitrogens with zero attached hydrogens (tertiary/aromatic N) is 3. The molecule has 8 nitrogen and oxygen atoms in total. The van der Waals surface area contributed by atoms with Gasteiger partial charge in [-0.2, -0.15) is 0 Å². The highest BCUT2D eigenvalue weighted by molar-refractivity contribution is 5.98. The van der Waals surface area contributed by atoms with Crippen LogP contribution < -0.4 is 9.64 Å². The van der Waals surface area contributed by atoms with Gasteiger partial charge in [0.15, 0.2) is 12.4 Å². The molecule has 0 aliphatic carbocycles. The molecule has 2 aliphatic heterocycles. The van der Waals surface area contributed by atoms with Crippen molar-refractivity contribution in [3.05, 3.63) is 47.4 Å². The number of ether oxygens (including phenoxy) is 1. The Labute approximate surface area is 194 Å². The van der Waals surface area contributed by atoms with E-state index in [9.17, 15) is 14.4 Å². The maximum absolute atomic E-state index is 12.9. The molecule has 1 aromatic carbocycles. The van der Waals surface area contributed by atoms with Gasteiger partial charge in [0.05, 0.1) is 12.2 Å². The van der Waals surface area contributed by atoms with Gasteiger partial charge in [-0.1, -0.05) is 26.8 Å². The topological polar surface area (TPSA) is 83.3 Å². The lowest BCUT2D eigenvalue weighted by molar-refractivity contribution is -0.130. The van der Waals surface area contributed by atoms with Crippen LogP contribution in [-0.2, 0) is 21.5 Å². The molecule has 2 aliphatic rings. The van der Waals surface area contributed by atoms with E-state index >= 15 is 0 Å². The van der Waals surface area contributed by atoms with Crippen LogP contribution in [0.4, 0.5) is 5.69 Å². The van der Waals surface area contributed by atoms with Gasteiger partial charge in [-0.3, -0.25) is 19.3 Å². The monoisotopic (exact) mass is 453 g/mol. The van der Waals surface area contributed by atoms with Gasteiger partial charge < -0.3 is 19.0 Å². The number of furan rings is 1. The summed E-state index contributed by atoms with van der Waals surface area (Å²) in [4.78, 5) is 42.2. The normalized spacial score (nSPS) is 16.5. The van der Waals surface area contributed by atoms with Gasteiger partial charge in [0.25, 0.3) is 11.8 Å². The van der Waals surface area contributed by atoms with E-state index in [2.05, 4.69) is 20.8 Å². The van der Waals surface area contributed by atoms with Gasteiger partial charge in [-0.15, -0.1) is 0 Å². The predicted molar refractivity (Wildman–Crippen MR) is 123 cm³/mol. The first-order chi connectivity index (χ1) is 15.7. The fourth-order valence-electron chi connectivity index (χ4n) is 4.11. The van der Waals surface area contributed by atoms with Crippen LogP contribution in [0.5, 0.6) is 5.75 Å². The summed E-state index contributed by atoms with van der Waals surface area (Å²) in [6.45, 7) is 10.2. The molecule has 0 radical (unpaired) electrons. The zero-order chi connectivity index (χ0) is 23.8. The van der Waals surface area contributed by atoms with Gasteiger partial charge >= 0.3 is 0 Å². The predicted octanol–water partition coefficient (Wildman–Crippen LogP) is 3.20. The minimum Gasteiger partial charge on any atom is -0.482 e. The summed E-state index contributed by atoms with van der Waals surface area (Å²) >= 11 is 0. The number of benzene rings is 1. The third kappa shape index (κ3) is 4.60. The molecule has 0 atom stereocenters. The second-order valence-electron chi connectivity index (χ2n) is 9.25. The Balaban J connectivity index is 1.50. The first kappa shape index (κ1) is 22.9. The van der Waals surface area contributed by atoms with E-state index in [1.54, 1.807) is 26.8 Å². The van der Waals surface area contributed by atoms with Crippen LogP contribution in [-0.4, -0.2) is 60.3 Å². The van der Waals surface area contributed by atoms with E-state index in [1.807, 2.05) is 18.2 Å². The summed E-state index contributed by atoms with van der Waals surface area (Å²) in [5.74, 6) is 1.09. The Kier molecular flexibility index (Phi) is 6.19. The van der Waals surface area contributed by atoms with E-state index in [0.717, 1.165) is 17.7 Å². The Hall–Kier alpha value is -3.29. The van der Waals surface area contributed by atoms with Crippen molar-refractivity contribution < 1.29 is 23.5 Å². The van der Waals surface area contributed by atoms with Gasteiger partial charge in [0, 0.05) is 33.1 Å². The highest BCUT2D eigenvalue weighted by Crippen LogP contribution is 2.38. The van der Waals surface area contributed by atoms with Crippen molar-refractivity contribution in [2.45, 2.75) is 46.1 Å². The molecule has 1 aromatic heterocycles. The molecule has 0 bridgehead atoms. The van der Waals surface area contributed by atoms with Crippen molar-refractivity contribution in [2.75, 3.05) is 37.7 Å². The van der Waals surface area contributed by atoms with Crippen molar-refractivity contribution in [3.8, 4) is 5.75 Å². The lowest BCUT2D eigenvalue weighted by atomic mass is 9.82. The summed E-state index contributed by atoms with van der Waals surface area (Å²) in [6, 6.07) is 9.36. The first-order valence-electron chi connectivity index (χ1n) is 11.4. The first-order valence-corrected chi connectivity index (χ1v) is 11.4. The van der Waals surface area contributed by atoms with E-state index in [4.69, 9.17) is 9.15 Å². The Morgan fingerprint density at radius 3 is 2.39 bits per heavy atom. The number of carbonyl (C=O) groups excluding carboxylic acids is 3. The Bertz CT molecular complexity index is 1070. The molecule has 3 heterocycles. The van der Waals surface area contributed by atoms with Crippen LogP contribution >= 0.6 is 0 Å². The smallest absolute Gasteiger partial charge is 0.289 e. The van der Waals surface area contributed by atoms with Crippen molar-refractivity contribution >= 4 is 23.4 Å². The molecule has 0 spiro atoms. The molecule has 0 saturated carbocycles. The number of carbonyl (C=O) groups is 3. The van der Waals surface area contributed by atoms with Crippen LogP contribution in [0.1, 0.15) is 56.0 Å². The Morgan fingerprint density at radius 1 is 1.03 bits per heavy atom. The number of fused-ring (bicyclic) bond motifs is 1. The third-order valence-electron chi connectivity index (χ3n) is 6.77. The number of rotatable bonds is 5. The molecule has 0 N–H and O–H groups in total. The maximum Gasteiger partial charge on any atom is 0.289 e. The average Bonchev–Trinajstić information content (AvgIpc) is 3.28. The molecule has 3 amide bonds. The number of hydrogen-bond acceptors (Lipinski definition) is 5. The molecule has 1 fully saturated rings. The zero-order valence-corrected chi connectivity index (χ0v) is 19.7. The summed E-state index contributed by atoms with van der Waals surface area (Å²) < 4.78 is 11.5.